The van der Waals surface area contributed by atoms with Crippen molar-refractivity contribution in [1.29, 1.82) is 0 Å². The van der Waals surface area contributed by atoms with Crippen LogP contribution in [0.4, 0.5) is 0 Å². The lowest BCUT2D eigenvalue weighted by Gasteiger charge is -2.12. The van der Waals surface area contributed by atoms with Crippen LogP contribution in [0.5, 0.6) is 5.75 Å². The fourth-order valence-electron chi connectivity index (χ4n) is 1.35. The van der Waals surface area contributed by atoms with Gasteiger partial charge in [0.15, 0.2) is 5.75 Å². The second-order valence-corrected chi connectivity index (χ2v) is 4.14. The van der Waals surface area contributed by atoms with Crippen molar-refractivity contribution >= 4 is 23.2 Å². The Morgan fingerprint density at radius 1 is 1.40 bits per heavy atom. The standard InChI is InChI=1S/C12H12Cl2O/c1-4-5-8(2)9-6-10(13)12(15-3)11(14)7-9/h1,6-8H,5H2,2-3H3. The van der Waals surface area contributed by atoms with Crippen LogP contribution in [0.2, 0.25) is 10.0 Å². The van der Waals surface area contributed by atoms with E-state index in [0.717, 1.165) is 5.56 Å². The first-order valence-electron chi connectivity index (χ1n) is 4.56. The molecule has 1 rings (SSSR count). The molecule has 15 heavy (non-hydrogen) atoms. The highest BCUT2D eigenvalue weighted by molar-refractivity contribution is 6.37. The van der Waals surface area contributed by atoms with E-state index < -0.39 is 0 Å². The molecule has 0 aliphatic rings. The molecule has 0 radical (unpaired) electrons. The molecule has 0 saturated carbocycles. The average Bonchev–Trinajstić information content (AvgIpc) is 2.17. The van der Waals surface area contributed by atoms with E-state index in [4.69, 9.17) is 34.4 Å². The quantitative estimate of drug-likeness (QED) is 0.725. The third-order valence-electron chi connectivity index (χ3n) is 2.22. The van der Waals surface area contributed by atoms with Crippen molar-refractivity contribution in [3.8, 4) is 18.1 Å². The fraction of sp³-hybridized carbons (Fsp3) is 0.333. The second-order valence-electron chi connectivity index (χ2n) is 3.33. The molecule has 3 heteroatoms. The molecule has 0 aliphatic heterocycles. The monoisotopic (exact) mass is 242 g/mol. The van der Waals surface area contributed by atoms with E-state index in [9.17, 15) is 0 Å². The molecule has 1 nitrogen and oxygen atoms in total. The van der Waals surface area contributed by atoms with Crippen molar-refractivity contribution in [1.82, 2.24) is 0 Å². The van der Waals surface area contributed by atoms with Gasteiger partial charge in [-0.2, -0.15) is 0 Å². The number of hydrogen-bond acceptors (Lipinski definition) is 1. The van der Waals surface area contributed by atoms with Crippen molar-refractivity contribution in [2.75, 3.05) is 7.11 Å². The molecule has 0 aromatic heterocycles. The second kappa shape index (κ2) is 5.30. The van der Waals surface area contributed by atoms with Crippen LogP contribution in [0.25, 0.3) is 0 Å². The third-order valence-corrected chi connectivity index (χ3v) is 2.78. The molecule has 0 spiro atoms. The Labute approximate surface area is 100 Å². The molecular weight excluding hydrogens is 231 g/mol. The summed E-state index contributed by atoms with van der Waals surface area (Å²) in [6.07, 6.45) is 5.92. The first-order valence-corrected chi connectivity index (χ1v) is 5.32. The summed E-state index contributed by atoms with van der Waals surface area (Å²) in [6.45, 7) is 2.04. The minimum atomic E-state index is 0.246. The summed E-state index contributed by atoms with van der Waals surface area (Å²) in [5.74, 6) is 3.37. The number of ether oxygens (including phenoxy) is 1. The molecular formula is C12H12Cl2O. The molecule has 0 aliphatic carbocycles. The molecule has 0 saturated heterocycles. The van der Waals surface area contributed by atoms with Gasteiger partial charge >= 0.3 is 0 Å². The number of hydrogen-bond donors (Lipinski definition) is 0. The van der Waals surface area contributed by atoms with Crippen LogP contribution in [0.15, 0.2) is 12.1 Å². The predicted molar refractivity (Wildman–Crippen MR) is 64.9 cm³/mol. The molecule has 0 fully saturated rings. The maximum atomic E-state index is 6.02. The lowest BCUT2D eigenvalue weighted by atomic mass is 9.98. The highest BCUT2D eigenvalue weighted by Gasteiger charge is 2.12. The lowest BCUT2D eigenvalue weighted by Crippen LogP contribution is -1.94. The van der Waals surface area contributed by atoms with Crippen molar-refractivity contribution < 1.29 is 4.74 Å². The maximum Gasteiger partial charge on any atom is 0.156 e. The Morgan fingerprint density at radius 3 is 2.33 bits per heavy atom. The molecule has 0 heterocycles. The van der Waals surface area contributed by atoms with Crippen LogP contribution in [-0.4, -0.2) is 7.11 Å². The van der Waals surface area contributed by atoms with Gasteiger partial charge < -0.3 is 4.74 Å². The Kier molecular flexibility index (Phi) is 4.32. The molecule has 80 valence electrons. The van der Waals surface area contributed by atoms with Crippen LogP contribution in [0, 0.1) is 12.3 Å². The molecule has 1 aromatic carbocycles. The highest BCUT2D eigenvalue weighted by atomic mass is 35.5. The lowest BCUT2D eigenvalue weighted by molar-refractivity contribution is 0.415. The minimum absolute atomic E-state index is 0.246. The maximum absolute atomic E-state index is 6.02. The first kappa shape index (κ1) is 12.2. The van der Waals surface area contributed by atoms with Crippen molar-refractivity contribution in [2.45, 2.75) is 19.3 Å². The van der Waals surface area contributed by atoms with Gasteiger partial charge in [-0.25, -0.2) is 0 Å². The van der Waals surface area contributed by atoms with Gasteiger partial charge in [0.05, 0.1) is 17.2 Å². The zero-order valence-electron chi connectivity index (χ0n) is 8.68. The third kappa shape index (κ3) is 2.81. The molecule has 0 bridgehead atoms. The van der Waals surface area contributed by atoms with Gasteiger partial charge in [0.1, 0.15) is 0 Å². The minimum Gasteiger partial charge on any atom is -0.494 e. The van der Waals surface area contributed by atoms with Gasteiger partial charge in [-0.1, -0.05) is 30.1 Å². The van der Waals surface area contributed by atoms with Gasteiger partial charge in [0.25, 0.3) is 0 Å². The van der Waals surface area contributed by atoms with Crippen LogP contribution in [0.3, 0.4) is 0 Å². The molecule has 1 atom stereocenters. The van der Waals surface area contributed by atoms with E-state index in [2.05, 4.69) is 5.92 Å². The summed E-state index contributed by atoms with van der Waals surface area (Å²) >= 11 is 12.0. The summed E-state index contributed by atoms with van der Waals surface area (Å²) in [6, 6.07) is 3.68. The molecule has 1 unspecified atom stereocenters. The van der Waals surface area contributed by atoms with Gasteiger partial charge in [-0.3, -0.25) is 0 Å². The summed E-state index contributed by atoms with van der Waals surface area (Å²) in [4.78, 5) is 0. The number of terminal acetylenes is 1. The van der Waals surface area contributed by atoms with Crippen LogP contribution in [0.1, 0.15) is 24.8 Å². The van der Waals surface area contributed by atoms with Gasteiger partial charge in [0.2, 0.25) is 0 Å². The Hall–Kier alpha value is -0.840. The van der Waals surface area contributed by atoms with E-state index in [1.807, 2.05) is 19.1 Å². The predicted octanol–water partition coefficient (Wildman–Crippen LogP) is 4.13. The summed E-state index contributed by atoms with van der Waals surface area (Å²) in [7, 11) is 1.54. The molecule has 0 N–H and O–H groups in total. The van der Waals surface area contributed by atoms with E-state index in [1.54, 1.807) is 0 Å². The van der Waals surface area contributed by atoms with Crippen LogP contribution < -0.4 is 4.74 Å². The van der Waals surface area contributed by atoms with E-state index in [1.165, 1.54) is 7.11 Å². The largest absolute Gasteiger partial charge is 0.494 e. The summed E-state index contributed by atoms with van der Waals surface area (Å²) in [5, 5.41) is 1.03. The van der Waals surface area contributed by atoms with Crippen LogP contribution >= 0.6 is 23.2 Å². The Bertz CT molecular complexity index is 370. The topological polar surface area (TPSA) is 9.23 Å². The first-order chi connectivity index (χ1) is 7.10. The summed E-state index contributed by atoms with van der Waals surface area (Å²) < 4.78 is 5.07. The summed E-state index contributed by atoms with van der Waals surface area (Å²) in [5.41, 5.74) is 1.03. The number of benzene rings is 1. The van der Waals surface area contributed by atoms with Crippen molar-refractivity contribution in [3.63, 3.8) is 0 Å². The Morgan fingerprint density at radius 2 is 1.93 bits per heavy atom. The number of halogens is 2. The fourth-order valence-corrected chi connectivity index (χ4v) is 2.01. The average molecular weight is 243 g/mol. The molecule has 1 aromatic rings. The van der Waals surface area contributed by atoms with E-state index in [-0.39, 0.29) is 5.92 Å². The van der Waals surface area contributed by atoms with Gasteiger partial charge in [-0.15, -0.1) is 12.3 Å². The van der Waals surface area contributed by atoms with E-state index >= 15 is 0 Å². The van der Waals surface area contributed by atoms with Gasteiger partial charge in [-0.05, 0) is 23.6 Å². The number of methoxy groups -OCH3 is 1. The van der Waals surface area contributed by atoms with Crippen molar-refractivity contribution in [3.05, 3.63) is 27.7 Å². The zero-order chi connectivity index (χ0) is 11.4. The smallest absolute Gasteiger partial charge is 0.156 e. The van der Waals surface area contributed by atoms with Crippen molar-refractivity contribution in [2.24, 2.45) is 0 Å². The molecule has 0 amide bonds. The zero-order valence-corrected chi connectivity index (χ0v) is 10.2. The number of rotatable bonds is 3. The van der Waals surface area contributed by atoms with Crippen LogP contribution in [-0.2, 0) is 0 Å². The highest BCUT2D eigenvalue weighted by Crippen LogP contribution is 2.36. The van der Waals surface area contributed by atoms with Gasteiger partial charge in [0, 0.05) is 6.42 Å². The van der Waals surface area contributed by atoms with E-state index in [0.29, 0.717) is 22.2 Å². The SMILES string of the molecule is C#CCC(C)c1cc(Cl)c(OC)c(Cl)c1. The normalized spacial score (nSPS) is 11.9. The Balaban J connectivity index is 3.09.